The first-order valence-electron chi connectivity index (χ1n) is 5.53. The van der Waals surface area contributed by atoms with Gasteiger partial charge in [0, 0.05) is 12.1 Å². The Morgan fingerprint density at radius 1 is 1.47 bits per heavy atom. The van der Waals surface area contributed by atoms with Crippen LogP contribution in [0, 0.1) is 6.92 Å². The number of aryl methyl sites for hydroxylation is 1. The summed E-state index contributed by atoms with van der Waals surface area (Å²) in [6.07, 6.45) is 0. The van der Waals surface area contributed by atoms with Gasteiger partial charge in [-0.3, -0.25) is 0 Å². The molecule has 0 bridgehead atoms. The van der Waals surface area contributed by atoms with Crippen LogP contribution in [-0.4, -0.2) is 23.7 Å². The Hall–Kier alpha value is -1.55. The Bertz CT molecular complexity index is 413. The number of benzene rings is 1. The smallest absolute Gasteiger partial charge is 0.347 e. The Morgan fingerprint density at radius 2 is 2.12 bits per heavy atom. The lowest BCUT2D eigenvalue weighted by Gasteiger charge is -2.23. The molecule has 1 aromatic carbocycles. The minimum Gasteiger partial charge on any atom is -0.478 e. The zero-order valence-electron chi connectivity index (χ0n) is 10.7. The van der Waals surface area contributed by atoms with Crippen LogP contribution < -0.4 is 10.1 Å². The highest BCUT2D eigenvalue weighted by molar-refractivity contribution is 5.76. The number of hydrogen-bond acceptors (Lipinski definition) is 3. The number of carboxylic acids is 1. The quantitative estimate of drug-likeness (QED) is 0.822. The molecule has 4 nitrogen and oxygen atoms in total. The fraction of sp³-hybridized carbons (Fsp3) is 0.462. The standard InChI is InChI=1S/C13H19NO3/c1-9-5-6-11(10(7-9)8-14-4)17-13(2,3)12(15)16/h5-7,14H,8H2,1-4H3,(H,15,16). The predicted octanol–water partition coefficient (Wildman–Crippen LogP) is 1.96. The molecule has 1 aromatic rings. The summed E-state index contributed by atoms with van der Waals surface area (Å²) in [6, 6.07) is 5.71. The number of carboxylic acid groups (broad SMARTS) is 1. The fourth-order valence-electron chi connectivity index (χ4n) is 1.45. The topological polar surface area (TPSA) is 58.6 Å². The highest BCUT2D eigenvalue weighted by atomic mass is 16.5. The van der Waals surface area contributed by atoms with E-state index in [4.69, 9.17) is 9.84 Å². The molecule has 0 aromatic heterocycles. The van der Waals surface area contributed by atoms with Gasteiger partial charge in [-0.25, -0.2) is 4.79 Å². The van der Waals surface area contributed by atoms with Crippen LogP contribution in [-0.2, 0) is 11.3 Å². The third-order valence-corrected chi connectivity index (χ3v) is 2.46. The SMILES string of the molecule is CNCc1cc(C)ccc1OC(C)(C)C(=O)O. The first kappa shape index (κ1) is 13.5. The van der Waals surface area contributed by atoms with E-state index in [9.17, 15) is 4.79 Å². The number of nitrogens with one attached hydrogen (secondary N) is 1. The van der Waals surface area contributed by atoms with Gasteiger partial charge in [0.1, 0.15) is 5.75 Å². The molecule has 0 atom stereocenters. The van der Waals surface area contributed by atoms with Crippen molar-refractivity contribution in [2.45, 2.75) is 32.9 Å². The Morgan fingerprint density at radius 3 is 2.65 bits per heavy atom. The molecule has 0 radical (unpaired) electrons. The van der Waals surface area contributed by atoms with Gasteiger partial charge < -0.3 is 15.2 Å². The van der Waals surface area contributed by atoms with Crippen molar-refractivity contribution in [3.8, 4) is 5.75 Å². The number of ether oxygens (including phenoxy) is 1. The lowest BCUT2D eigenvalue weighted by Crippen LogP contribution is -2.38. The van der Waals surface area contributed by atoms with Gasteiger partial charge in [0.2, 0.25) is 0 Å². The molecule has 0 fully saturated rings. The van der Waals surface area contributed by atoms with Crippen molar-refractivity contribution in [1.82, 2.24) is 5.32 Å². The average Bonchev–Trinajstić information content (AvgIpc) is 2.22. The second kappa shape index (κ2) is 5.19. The summed E-state index contributed by atoms with van der Waals surface area (Å²) in [5, 5.41) is 12.1. The van der Waals surface area contributed by atoms with Gasteiger partial charge in [0.05, 0.1) is 0 Å². The van der Waals surface area contributed by atoms with Crippen molar-refractivity contribution in [2.24, 2.45) is 0 Å². The summed E-state index contributed by atoms with van der Waals surface area (Å²) in [5.41, 5.74) is 0.857. The lowest BCUT2D eigenvalue weighted by atomic mass is 10.1. The van der Waals surface area contributed by atoms with Gasteiger partial charge >= 0.3 is 5.97 Å². The van der Waals surface area contributed by atoms with E-state index in [1.807, 2.05) is 32.2 Å². The second-order valence-electron chi connectivity index (χ2n) is 4.56. The average molecular weight is 237 g/mol. The molecule has 17 heavy (non-hydrogen) atoms. The van der Waals surface area contributed by atoms with Crippen LogP contribution in [0.4, 0.5) is 0 Å². The van der Waals surface area contributed by atoms with Gasteiger partial charge in [0.25, 0.3) is 0 Å². The summed E-state index contributed by atoms with van der Waals surface area (Å²) in [4.78, 5) is 11.0. The van der Waals surface area contributed by atoms with E-state index in [1.165, 1.54) is 0 Å². The largest absolute Gasteiger partial charge is 0.478 e. The Labute approximate surface area is 102 Å². The molecule has 4 heteroatoms. The third kappa shape index (κ3) is 3.46. The van der Waals surface area contributed by atoms with Gasteiger partial charge in [-0.1, -0.05) is 17.7 Å². The molecule has 0 spiro atoms. The van der Waals surface area contributed by atoms with Crippen molar-refractivity contribution in [1.29, 1.82) is 0 Å². The molecular weight excluding hydrogens is 218 g/mol. The molecule has 0 amide bonds. The zero-order valence-corrected chi connectivity index (χ0v) is 10.7. The maximum atomic E-state index is 11.0. The molecule has 2 N–H and O–H groups in total. The van der Waals surface area contributed by atoms with Crippen molar-refractivity contribution < 1.29 is 14.6 Å². The monoisotopic (exact) mass is 237 g/mol. The van der Waals surface area contributed by atoms with Crippen LogP contribution in [0.2, 0.25) is 0 Å². The molecule has 0 aliphatic heterocycles. The van der Waals surface area contributed by atoms with E-state index in [0.717, 1.165) is 11.1 Å². The minimum atomic E-state index is -1.22. The zero-order chi connectivity index (χ0) is 13.1. The first-order chi connectivity index (χ1) is 7.86. The molecular formula is C13H19NO3. The highest BCUT2D eigenvalue weighted by Gasteiger charge is 2.30. The molecule has 0 saturated heterocycles. The molecule has 94 valence electrons. The number of carbonyl (C=O) groups is 1. The second-order valence-corrected chi connectivity index (χ2v) is 4.56. The van der Waals surface area contributed by atoms with E-state index >= 15 is 0 Å². The molecule has 0 heterocycles. The molecule has 0 unspecified atom stereocenters. The summed E-state index contributed by atoms with van der Waals surface area (Å²) < 4.78 is 5.56. The van der Waals surface area contributed by atoms with Crippen LogP contribution in [0.1, 0.15) is 25.0 Å². The minimum absolute atomic E-state index is 0.609. The van der Waals surface area contributed by atoms with Crippen LogP contribution >= 0.6 is 0 Å². The summed E-state index contributed by atoms with van der Waals surface area (Å²) in [7, 11) is 1.84. The van der Waals surface area contributed by atoms with Gasteiger partial charge in [-0.15, -0.1) is 0 Å². The van der Waals surface area contributed by atoms with Crippen molar-refractivity contribution in [2.75, 3.05) is 7.05 Å². The Balaban J connectivity index is 3.01. The van der Waals surface area contributed by atoms with E-state index < -0.39 is 11.6 Å². The van der Waals surface area contributed by atoms with E-state index in [-0.39, 0.29) is 0 Å². The van der Waals surface area contributed by atoms with Gasteiger partial charge in [0.15, 0.2) is 5.60 Å². The lowest BCUT2D eigenvalue weighted by molar-refractivity contribution is -0.152. The van der Waals surface area contributed by atoms with Crippen LogP contribution in [0.25, 0.3) is 0 Å². The number of rotatable bonds is 5. The summed E-state index contributed by atoms with van der Waals surface area (Å²) >= 11 is 0. The maximum absolute atomic E-state index is 11.0. The predicted molar refractivity (Wildman–Crippen MR) is 66.3 cm³/mol. The van der Waals surface area contributed by atoms with Crippen LogP contribution in [0.3, 0.4) is 0 Å². The van der Waals surface area contributed by atoms with Crippen molar-refractivity contribution >= 4 is 5.97 Å². The molecule has 1 rings (SSSR count). The third-order valence-electron chi connectivity index (χ3n) is 2.46. The normalized spacial score (nSPS) is 11.3. The summed E-state index contributed by atoms with van der Waals surface area (Å²) in [5.74, 6) is -0.370. The van der Waals surface area contributed by atoms with Crippen molar-refractivity contribution in [3.63, 3.8) is 0 Å². The molecule has 0 aliphatic rings. The molecule has 0 saturated carbocycles. The summed E-state index contributed by atoms with van der Waals surface area (Å²) in [6.45, 7) is 5.72. The van der Waals surface area contributed by atoms with Crippen LogP contribution in [0.5, 0.6) is 5.75 Å². The van der Waals surface area contributed by atoms with Gasteiger partial charge in [-0.2, -0.15) is 0 Å². The Kier molecular flexibility index (Phi) is 4.12. The molecule has 0 aliphatic carbocycles. The number of hydrogen-bond donors (Lipinski definition) is 2. The van der Waals surface area contributed by atoms with E-state index in [1.54, 1.807) is 13.8 Å². The fourth-order valence-corrected chi connectivity index (χ4v) is 1.45. The van der Waals surface area contributed by atoms with Crippen LogP contribution in [0.15, 0.2) is 18.2 Å². The maximum Gasteiger partial charge on any atom is 0.347 e. The first-order valence-corrected chi connectivity index (χ1v) is 5.53. The highest BCUT2D eigenvalue weighted by Crippen LogP contribution is 2.24. The van der Waals surface area contributed by atoms with Gasteiger partial charge in [-0.05, 0) is 33.9 Å². The van der Waals surface area contributed by atoms with E-state index in [0.29, 0.717) is 12.3 Å². The van der Waals surface area contributed by atoms with Crippen molar-refractivity contribution in [3.05, 3.63) is 29.3 Å². The van der Waals surface area contributed by atoms with E-state index in [2.05, 4.69) is 5.32 Å². The number of aliphatic carboxylic acids is 1.